The number of aliphatic hydroxyl groups excluding tert-OH is 1. The van der Waals surface area contributed by atoms with Crippen molar-refractivity contribution in [2.45, 2.75) is 162 Å². The van der Waals surface area contributed by atoms with Gasteiger partial charge in [0.1, 0.15) is 42.4 Å². The zero-order chi connectivity index (χ0) is 61.4. The smallest absolute Gasteiger partial charge is 0.326 e. The molecule has 1 heterocycles. The van der Waals surface area contributed by atoms with Crippen LogP contribution in [0.1, 0.15) is 136 Å². The minimum Gasteiger partial charge on any atom is -0.481 e. The van der Waals surface area contributed by atoms with Gasteiger partial charge in [0.05, 0.1) is 18.5 Å². The monoisotopic (exact) mass is 1150 g/mol. The number of nitrogens with zero attached hydrogens (tertiary/aromatic N) is 2. The molecule has 82 heavy (non-hydrogen) atoms. The summed E-state index contributed by atoms with van der Waals surface area (Å²) in [6, 6.07) is 5.45. The Morgan fingerprint density at radius 2 is 1.37 bits per heavy atom. The van der Waals surface area contributed by atoms with E-state index in [0.29, 0.717) is 18.5 Å². The highest BCUT2D eigenvalue weighted by Gasteiger charge is 2.39. The van der Waals surface area contributed by atoms with Crippen LogP contribution >= 0.6 is 0 Å². The molecule has 450 valence electrons. The van der Waals surface area contributed by atoms with Crippen molar-refractivity contribution in [2.24, 2.45) is 17.1 Å². The fourth-order valence-corrected chi connectivity index (χ4v) is 9.10. The number of halogens is 2. The van der Waals surface area contributed by atoms with Gasteiger partial charge in [-0.2, -0.15) is 0 Å². The van der Waals surface area contributed by atoms with Gasteiger partial charge in [-0.25, -0.2) is 13.6 Å². The van der Waals surface area contributed by atoms with Gasteiger partial charge < -0.3 is 62.4 Å². The number of primary amides is 1. The lowest BCUT2D eigenvalue weighted by molar-refractivity contribution is -0.143. The molecular formula is C57H79F2N9O14. The largest absolute Gasteiger partial charge is 0.481 e. The summed E-state index contributed by atoms with van der Waals surface area (Å²) in [7, 11) is 0. The van der Waals surface area contributed by atoms with Gasteiger partial charge in [0.25, 0.3) is 0 Å². The van der Waals surface area contributed by atoms with Crippen LogP contribution in [-0.4, -0.2) is 140 Å². The van der Waals surface area contributed by atoms with Crippen LogP contribution in [0, 0.1) is 23.0 Å². The number of benzene rings is 2. The average Bonchev–Trinajstić information content (AvgIpc) is 4.07. The first kappa shape index (κ1) is 68.2. The second-order valence-corrected chi connectivity index (χ2v) is 21.3. The number of aliphatic hydroxyl groups is 1. The first-order valence-electron chi connectivity index (χ1n) is 27.2. The van der Waals surface area contributed by atoms with Gasteiger partial charge >= 0.3 is 11.9 Å². The first-order valence-corrected chi connectivity index (χ1v) is 27.2. The highest BCUT2D eigenvalue weighted by molar-refractivity contribution is 5.97. The summed E-state index contributed by atoms with van der Waals surface area (Å²) in [5.74, 6) is -13.0. The number of Topliss-reactive ketones (excluding diaryl/α,β-unsaturated/α-hetero) is 1. The van der Waals surface area contributed by atoms with Gasteiger partial charge in [-0.1, -0.05) is 90.6 Å². The van der Waals surface area contributed by atoms with Crippen LogP contribution in [0.4, 0.5) is 8.78 Å². The molecule has 2 aromatic carbocycles. The van der Waals surface area contributed by atoms with Crippen LogP contribution in [0.25, 0.3) is 11.1 Å². The minimum atomic E-state index is -1.79. The molecule has 3 rings (SSSR count). The van der Waals surface area contributed by atoms with Crippen LogP contribution in [0.2, 0.25) is 0 Å². The SMILES string of the molecule is CCCCCC[C@H](NC(C)=O)C(=O)N[C@@H](C)C(=O)C[C@@H](C)C(=O)N[C@@H](CC(N)=O)C(=O)N[C@@H](CCN(C(=O)CO)[C@@H](c1cc(-c2cc(F)ccc2F)cn1Cc1ccccc1)C(C)(C)C)C(=O)NCCC(=O)N[C@@H](CCC(=O)O)C(=O)O. The van der Waals surface area contributed by atoms with Crippen molar-refractivity contribution in [1.29, 1.82) is 0 Å². The molecule has 0 radical (unpaired) electrons. The standard InChI is InChI=1S/C57H79F2N9O14/c1-8-9-10-14-17-41(63-35(4)70)54(79)62-34(3)46(71)26-33(2)52(77)66-44(29-47(60)72)55(80)65-42(53(78)61-24-22-48(73)64-43(56(81)82)20-21-50(75)76)23-25-68(49(74)32-69)51(57(5,6)7)45-27-37(39-28-38(58)18-19-40(39)59)31-67(45)30-36-15-12-11-13-16-36/h11-13,15-16,18-19,27-28,31,33-34,41-44,51,69H,8-10,14,17,20-26,29-30,32H2,1-7H3,(H2,60,72)(H,61,78)(H,62,79)(H,63,70)(H,64,73)(H,65,80)(H,66,77)(H,75,76)(H,81,82)/t33-,34+,41+,42+,43+,44+,51+/m1/s1. The van der Waals surface area contributed by atoms with E-state index in [1.807, 2.05) is 19.1 Å². The molecule has 7 atom stereocenters. The van der Waals surface area contributed by atoms with Crippen molar-refractivity contribution in [2.75, 3.05) is 19.7 Å². The van der Waals surface area contributed by atoms with Crippen molar-refractivity contribution < 1.29 is 76.8 Å². The summed E-state index contributed by atoms with van der Waals surface area (Å²) in [5, 5.41) is 43.8. The number of ketones is 1. The Hall–Kier alpha value is -8.09. The predicted molar refractivity (Wildman–Crippen MR) is 295 cm³/mol. The Bertz CT molecular complexity index is 2730. The number of aliphatic carboxylic acids is 2. The van der Waals surface area contributed by atoms with Gasteiger partial charge in [0.2, 0.25) is 47.3 Å². The molecule has 25 heteroatoms. The summed E-state index contributed by atoms with van der Waals surface area (Å²) < 4.78 is 31.8. The molecular weight excluding hydrogens is 1070 g/mol. The third-order valence-electron chi connectivity index (χ3n) is 13.3. The maximum atomic E-state index is 15.4. The number of rotatable bonds is 35. The molecule has 3 aromatic rings. The Labute approximate surface area is 475 Å². The molecule has 1 aromatic heterocycles. The maximum absolute atomic E-state index is 15.4. The van der Waals surface area contributed by atoms with E-state index in [2.05, 4.69) is 31.9 Å². The first-order chi connectivity index (χ1) is 38.6. The summed E-state index contributed by atoms with van der Waals surface area (Å²) in [6.07, 6.45) is 1.88. The number of hydrogen-bond acceptors (Lipinski definition) is 12. The lowest BCUT2D eigenvalue weighted by Crippen LogP contribution is -2.56. The fourth-order valence-electron chi connectivity index (χ4n) is 9.10. The zero-order valence-electron chi connectivity index (χ0n) is 47.5. The second-order valence-electron chi connectivity index (χ2n) is 21.3. The van der Waals surface area contributed by atoms with Crippen LogP contribution < -0.4 is 37.6 Å². The molecule has 23 nitrogen and oxygen atoms in total. The lowest BCUT2D eigenvalue weighted by Gasteiger charge is -2.41. The Kier molecular flexibility index (Phi) is 27.4. The molecule has 11 N–H and O–H groups in total. The van der Waals surface area contributed by atoms with E-state index in [9.17, 15) is 67.3 Å². The van der Waals surface area contributed by atoms with E-state index >= 15 is 4.39 Å². The van der Waals surface area contributed by atoms with E-state index in [1.165, 1.54) is 25.7 Å². The van der Waals surface area contributed by atoms with E-state index < -0.39 is 182 Å². The van der Waals surface area contributed by atoms with Crippen molar-refractivity contribution in [1.82, 2.24) is 41.4 Å². The van der Waals surface area contributed by atoms with E-state index in [4.69, 9.17) is 10.8 Å². The van der Waals surface area contributed by atoms with Gasteiger partial charge in [0, 0.05) is 74.8 Å². The van der Waals surface area contributed by atoms with Crippen molar-refractivity contribution in [3.8, 4) is 11.1 Å². The van der Waals surface area contributed by atoms with Gasteiger partial charge in [-0.15, -0.1) is 0 Å². The average molecular weight is 1150 g/mol. The van der Waals surface area contributed by atoms with Crippen molar-refractivity contribution >= 4 is 65.0 Å². The molecule has 8 amide bonds. The number of amides is 8. The van der Waals surface area contributed by atoms with Crippen LogP contribution in [0.15, 0.2) is 60.8 Å². The van der Waals surface area contributed by atoms with E-state index in [-0.39, 0.29) is 17.7 Å². The van der Waals surface area contributed by atoms with Crippen molar-refractivity contribution in [3.05, 3.63) is 83.7 Å². The zero-order valence-corrected chi connectivity index (χ0v) is 47.5. The molecule has 0 unspecified atom stereocenters. The summed E-state index contributed by atoms with van der Waals surface area (Å²) >= 11 is 0. The molecule has 0 spiro atoms. The number of nitrogens with one attached hydrogen (secondary N) is 6. The van der Waals surface area contributed by atoms with Gasteiger partial charge in [0.15, 0.2) is 5.78 Å². The van der Waals surface area contributed by atoms with Crippen LogP contribution in [0.3, 0.4) is 0 Å². The molecule has 0 fully saturated rings. The summed E-state index contributed by atoms with van der Waals surface area (Å²) in [6.45, 7) is 9.51. The lowest BCUT2D eigenvalue weighted by atomic mass is 9.82. The topological polar surface area (TPSA) is 355 Å². The van der Waals surface area contributed by atoms with Crippen LogP contribution in [0.5, 0.6) is 0 Å². The molecule has 0 aliphatic carbocycles. The number of carbonyl (C=O) groups excluding carboxylic acids is 9. The number of carboxylic acid groups (broad SMARTS) is 2. The molecule has 0 saturated heterocycles. The number of nitrogens with two attached hydrogens (primary N) is 1. The van der Waals surface area contributed by atoms with Crippen molar-refractivity contribution in [3.63, 3.8) is 0 Å². The Morgan fingerprint density at radius 3 is 1.96 bits per heavy atom. The van der Waals surface area contributed by atoms with E-state index in [1.54, 1.807) is 55.8 Å². The molecule has 0 saturated carbocycles. The summed E-state index contributed by atoms with van der Waals surface area (Å²) in [4.78, 5) is 144. The van der Waals surface area contributed by atoms with Gasteiger partial charge in [-0.05, 0) is 61.4 Å². The fraction of sp³-hybridized carbons (Fsp3) is 0.526. The number of hydrogen-bond donors (Lipinski definition) is 10. The number of aromatic nitrogens is 1. The highest BCUT2D eigenvalue weighted by atomic mass is 19.1. The number of unbranched alkanes of at least 4 members (excludes halogenated alkanes) is 3. The summed E-state index contributed by atoms with van der Waals surface area (Å²) in [5.41, 5.74) is 5.90. The predicted octanol–water partition coefficient (Wildman–Crippen LogP) is 3.14. The third kappa shape index (κ3) is 22.4. The normalized spacial score (nSPS) is 13.8. The Morgan fingerprint density at radius 1 is 0.720 bits per heavy atom. The minimum absolute atomic E-state index is 0.0917. The Balaban J connectivity index is 2.01. The quantitative estimate of drug-likeness (QED) is 0.0379. The molecule has 0 aliphatic rings. The van der Waals surface area contributed by atoms with Crippen LogP contribution in [-0.2, 0) is 59.3 Å². The number of carbonyl (C=O) groups is 11. The van der Waals surface area contributed by atoms with E-state index in [0.717, 1.165) is 43.0 Å². The van der Waals surface area contributed by atoms with Gasteiger partial charge in [-0.3, -0.25) is 47.9 Å². The third-order valence-corrected chi connectivity index (χ3v) is 13.3. The molecule has 0 aliphatic heterocycles. The molecule has 0 bridgehead atoms. The number of carboxylic acids is 2. The maximum Gasteiger partial charge on any atom is 0.326 e. The second kappa shape index (κ2) is 33.0. The highest BCUT2D eigenvalue weighted by Crippen LogP contribution is 2.41.